The molecule has 0 aromatic rings. The molecule has 0 spiro atoms. The van der Waals surface area contributed by atoms with Gasteiger partial charge in [0.2, 0.25) is 0 Å². The zero-order valence-corrected chi connectivity index (χ0v) is 8.95. The highest BCUT2D eigenvalue weighted by molar-refractivity contribution is 14.1. The zero-order valence-electron chi connectivity index (χ0n) is 6.79. The lowest BCUT2D eigenvalue weighted by atomic mass is 10.6. The van der Waals surface area contributed by atoms with Crippen molar-refractivity contribution in [1.82, 2.24) is 0 Å². The number of rotatable bonds is 0. The molecule has 0 aliphatic heterocycles. The molecule has 1 heteroatoms. The molecule has 0 aromatic carbocycles. The molecule has 0 fully saturated rings. The second-order valence-electron chi connectivity index (χ2n) is 0.974. The average Bonchev–Trinajstić information content (AvgIpc) is 1.75. The topological polar surface area (TPSA) is 0 Å². The highest BCUT2D eigenvalue weighted by Crippen LogP contribution is 1.69. The first-order chi connectivity index (χ1) is 3.83. The van der Waals surface area contributed by atoms with Crippen molar-refractivity contribution in [3.63, 3.8) is 0 Å². The molecule has 0 saturated heterocycles. The summed E-state index contributed by atoms with van der Waals surface area (Å²) in [4.78, 5) is 0. The van der Waals surface area contributed by atoms with E-state index < -0.39 is 0 Å². The average molecular weight is 230 g/mol. The predicted octanol–water partition coefficient (Wildman–Crippen LogP) is 3.88. The molecule has 0 saturated carbocycles. The fraction of sp³-hybridized carbons (Fsp3) is 1.00. The summed E-state index contributed by atoms with van der Waals surface area (Å²) in [7, 11) is 0. The molecule has 0 aromatic heterocycles. The van der Waals surface area contributed by atoms with Crippen LogP contribution in [0.4, 0.5) is 0 Å². The second-order valence-corrected chi connectivity index (χ2v) is 2.50. The Kier molecular flexibility index (Phi) is 93.3. The Morgan fingerprint density at radius 3 is 1.00 bits per heavy atom. The van der Waals surface area contributed by atoms with Gasteiger partial charge in [0, 0.05) is 0 Å². The zero-order chi connectivity index (χ0) is 7.41. The molecule has 0 heterocycles. The van der Waals surface area contributed by atoms with Gasteiger partial charge in [-0.3, -0.25) is 0 Å². The van der Waals surface area contributed by atoms with Crippen LogP contribution < -0.4 is 0 Å². The third-order valence-corrected chi connectivity index (χ3v) is 0. The van der Waals surface area contributed by atoms with Gasteiger partial charge < -0.3 is 0 Å². The molecule has 0 aliphatic rings. The monoisotopic (exact) mass is 230 g/mol. The van der Waals surface area contributed by atoms with Crippen LogP contribution in [0.25, 0.3) is 0 Å². The lowest BCUT2D eigenvalue weighted by Gasteiger charge is -1.48. The molecule has 8 heavy (non-hydrogen) atoms. The van der Waals surface area contributed by atoms with E-state index in [-0.39, 0.29) is 0 Å². The van der Waals surface area contributed by atoms with Crippen molar-refractivity contribution in [2.24, 2.45) is 0 Å². The molecule has 0 bridgehead atoms. The fourth-order valence-electron chi connectivity index (χ4n) is 0. The van der Waals surface area contributed by atoms with E-state index in [0.29, 0.717) is 0 Å². The molecule has 0 atom stereocenters. The van der Waals surface area contributed by atoms with Gasteiger partial charge in [0.15, 0.2) is 0 Å². The summed E-state index contributed by atoms with van der Waals surface area (Å²) in [5, 5.41) is 0. The smallest absolute Gasteiger partial charge is 0.00332 e. The molecule has 0 amide bonds. The minimum atomic E-state index is 1.22. The number of alkyl halides is 1. The first-order valence-corrected chi connectivity index (χ1v) is 4.91. The van der Waals surface area contributed by atoms with Crippen LogP contribution in [0, 0.1) is 0 Å². The van der Waals surface area contributed by atoms with Gasteiger partial charge in [-0.2, -0.15) is 0 Å². The maximum absolute atomic E-state index is 2.29. The van der Waals surface area contributed by atoms with Gasteiger partial charge in [-0.15, -0.1) is 0 Å². The summed E-state index contributed by atoms with van der Waals surface area (Å²) in [6, 6.07) is 0. The van der Waals surface area contributed by atoms with Gasteiger partial charge in [0.25, 0.3) is 0 Å². The minimum absolute atomic E-state index is 1.22. The Labute approximate surface area is 68.2 Å². The van der Waals surface area contributed by atoms with Crippen molar-refractivity contribution < 1.29 is 0 Å². The number of hydrogen-bond donors (Lipinski definition) is 0. The normalized spacial score (nSPS) is 5.25. The molecular formula is C7H19I. The summed E-state index contributed by atoms with van der Waals surface area (Å²) < 4.78 is 1.22. The molecular weight excluding hydrogens is 211 g/mol. The summed E-state index contributed by atoms with van der Waals surface area (Å²) in [5.74, 6) is 0. The van der Waals surface area contributed by atoms with Crippen molar-refractivity contribution in [2.45, 2.75) is 41.0 Å². The van der Waals surface area contributed by atoms with Crippen LogP contribution in [0.3, 0.4) is 0 Å². The van der Waals surface area contributed by atoms with E-state index in [4.69, 9.17) is 0 Å². The van der Waals surface area contributed by atoms with E-state index >= 15 is 0 Å². The predicted molar refractivity (Wildman–Crippen MR) is 51.9 cm³/mol. The maximum Gasteiger partial charge on any atom is -0.00332 e. The third kappa shape index (κ3) is 415. The molecule has 0 rings (SSSR count). The van der Waals surface area contributed by atoms with Gasteiger partial charge in [-0.25, -0.2) is 0 Å². The largest absolute Gasteiger partial charge is 0.0867 e. The van der Waals surface area contributed by atoms with E-state index in [1.807, 2.05) is 13.8 Å². The van der Waals surface area contributed by atoms with E-state index in [9.17, 15) is 0 Å². The van der Waals surface area contributed by atoms with Crippen LogP contribution in [-0.4, -0.2) is 4.43 Å². The highest BCUT2D eigenvalue weighted by Gasteiger charge is 1.38. The maximum atomic E-state index is 2.29. The first-order valence-electron chi connectivity index (χ1n) is 3.39. The van der Waals surface area contributed by atoms with Crippen molar-refractivity contribution in [3.8, 4) is 0 Å². The van der Waals surface area contributed by atoms with E-state index in [0.717, 1.165) is 0 Å². The van der Waals surface area contributed by atoms with E-state index in [1.54, 1.807) is 0 Å². The summed E-state index contributed by atoms with van der Waals surface area (Å²) in [5.41, 5.74) is 0. The van der Waals surface area contributed by atoms with Crippen LogP contribution in [0.15, 0.2) is 0 Å². The number of hydrogen-bond acceptors (Lipinski definition) is 0. The Balaban J connectivity index is -0.0000000483. The molecule has 0 radical (unpaired) electrons. The van der Waals surface area contributed by atoms with E-state index in [1.165, 1.54) is 10.8 Å². The van der Waals surface area contributed by atoms with Gasteiger partial charge in [-0.1, -0.05) is 63.6 Å². The third-order valence-electron chi connectivity index (χ3n) is 0. The SMILES string of the molecule is CC.CCC.CCI. The highest BCUT2D eigenvalue weighted by atomic mass is 127. The Bertz CT molecular complexity index is 6.35. The fourth-order valence-corrected chi connectivity index (χ4v) is 0. The summed E-state index contributed by atoms with van der Waals surface area (Å²) >= 11 is 2.29. The standard InChI is InChI=1S/C3H8.C2H5I.C2H6/c1-3-2;1-2-3;1-2/h3H2,1-2H3;2H2,1H3;1-2H3. The van der Waals surface area contributed by atoms with Crippen LogP contribution in [0.2, 0.25) is 0 Å². The van der Waals surface area contributed by atoms with Crippen LogP contribution in [-0.2, 0) is 0 Å². The quantitative estimate of drug-likeness (QED) is 0.437. The van der Waals surface area contributed by atoms with Crippen molar-refractivity contribution >= 4 is 22.6 Å². The summed E-state index contributed by atoms with van der Waals surface area (Å²) in [6.07, 6.45) is 1.25. The Morgan fingerprint density at radius 1 is 1.00 bits per heavy atom. The van der Waals surface area contributed by atoms with Crippen LogP contribution in [0.5, 0.6) is 0 Å². The Hall–Kier alpha value is 0.730. The van der Waals surface area contributed by atoms with Crippen molar-refractivity contribution in [2.75, 3.05) is 4.43 Å². The van der Waals surface area contributed by atoms with E-state index in [2.05, 4.69) is 43.4 Å². The van der Waals surface area contributed by atoms with Gasteiger partial charge in [-0.05, 0) is 4.43 Å². The van der Waals surface area contributed by atoms with Crippen LogP contribution in [0.1, 0.15) is 41.0 Å². The lowest BCUT2D eigenvalue weighted by Crippen LogP contribution is -1.33. The molecule has 0 unspecified atom stereocenters. The van der Waals surface area contributed by atoms with Gasteiger partial charge in [0.05, 0.1) is 0 Å². The van der Waals surface area contributed by atoms with Crippen molar-refractivity contribution in [3.05, 3.63) is 0 Å². The molecule has 54 valence electrons. The van der Waals surface area contributed by atoms with Gasteiger partial charge in [0.1, 0.15) is 0 Å². The van der Waals surface area contributed by atoms with Crippen LogP contribution >= 0.6 is 22.6 Å². The number of halogens is 1. The van der Waals surface area contributed by atoms with Gasteiger partial charge >= 0.3 is 0 Å². The van der Waals surface area contributed by atoms with Crippen molar-refractivity contribution in [1.29, 1.82) is 0 Å². The minimum Gasteiger partial charge on any atom is -0.0867 e. The first kappa shape index (κ1) is 15.9. The lowest BCUT2D eigenvalue weighted by molar-refractivity contribution is 1.09. The molecule has 0 aliphatic carbocycles. The molecule has 0 nitrogen and oxygen atoms in total. The second kappa shape index (κ2) is 47.0. The summed E-state index contributed by atoms with van der Waals surface area (Å²) in [6.45, 7) is 10.4. The molecule has 0 N–H and O–H groups in total. The Morgan fingerprint density at radius 2 is 1.00 bits per heavy atom.